The van der Waals surface area contributed by atoms with E-state index in [0.717, 1.165) is 18.4 Å². The van der Waals surface area contributed by atoms with E-state index in [1.54, 1.807) is 0 Å². The van der Waals surface area contributed by atoms with Crippen LogP contribution in [-0.4, -0.2) is 5.78 Å². The standard InChI is InChI=1S/C17H24O/c1-4-12(2)14-8-10-15(11-9-14)17(18)16-7-5-6-13(16)3/h8-13,16H,4-7H2,1-3H3. The highest BCUT2D eigenvalue weighted by Crippen LogP contribution is 2.33. The Morgan fingerprint density at radius 3 is 2.44 bits per heavy atom. The average Bonchev–Trinajstić information content (AvgIpc) is 2.83. The lowest BCUT2D eigenvalue weighted by Crippen LogP contribution is -2.17. The molecule has 98 valence electrons. The van der Waals surface area contributed by atoms with Crippen molar-refractivity contribution < 1.29 is 4.79 Å². The van der Waals surface area contributed by atoms with Crippen LogP contribution in [0.2, 0.25) is 0 Å². The Morgan fingerprint density at radius 1 is 1.28 bits per heavy atom. The highest BCUT2D eigenvalue weighted by molar-refractivity contribution is 5.98. The second-order valence-electron chi connectivity index (χ2n) is 5.81. The fraction of sp³-hybridized carbons (Fsp3) is 0.588. The van der Waals surface area contributed by atoms with Crippen molar-refractivity contribution in [3.05, 3.63) is 35.4 Å². The second kappa shape index (κ2) is 5.69. The van der Waals surface area contributed by atoms with Crippen LogP contribution in [0.1, 0.15) is 68.3 Å². The number of carbonyl (C=O) groups is 1. The molecule has 1 aromatic rings. The number of carbonyl (C=O) groups excluding carboxylic acids is 1. The van der Waals surface area contributed by atoms with Gasteiger partial charge in [0.05, 0.1) is 0 Å². The molecular weight excluding hydrogens is 220 g/mol. The van der Waals surface area contributed by atoms with Crippen molar-refractivity contribution in [2.24, 2.45) is 11.8 Å². The summed E-state index contributed by atoms with van der Waals surface area (Å²) in [5.41, 5.74) is 2.24. The van der Waals surface area contributed by atoms with Crippen LogP contribution in [0.3, 0.4) is 0 Å². The summed E-state index contributed by atoms with van der Waals surface area (Å²) in [7, 11) is 0. The molecule has 3 atom stereocenters. The maximum absolute atomic E-state index is 12.4. The van der Waals surface area contributed by atoms with Gasteiger partial charge in [0.1, 0.15) is 0 Å². The van der Waals surface area contributed by atoms with Crippen molar-refractivity contribution in [1.82, 2.24) is 0 Å². The van der Waals surface area contributed by atoms with E-state index < -0.39 is 0 Å². The normalized spacial score (nSPS) is 25.1. The zero-order valence-electron chi connectivity index (χ0n) is 11.8. The molecule has 0 amide bonds. The Kier molecular flexibility index (Phi) is 4.21. The summed E-state index contributed by atoms with van der Waals surface area (Å²) < 4.78 is 0. The Morgan fingerprint density at radius 2 is 1.94 bits per heavy atom. The summed E-state index contributed by atoms with van der Waals surface area (Å²) >= 11 is 0. The molecule has 0 heterocycles. The Labute approximate surface area is 111 Å². The molecule has 3 unspecified atom stereocenters. The van der Waals surface area contributed by atoms with Gasteiger partial charge >= 0.3 is 0 Å². The lowest BCUT2D eigenvalue weighted by atomic mass is 9.88. The van der Waals surface area contributed by atoms with E-state index in [1.807, 2.05) is 12.1 Å². The quantitative estimate of drug-likeness (QED) is 0.694. The molecule has 0 aromatic heterocycles. The molecule has 1 aromatic carbocycles. The van der Waals surface area contributed by atoms with Gasteiger partial charge in [-0.05, 0) is 36.7 Å². The van der Waals surface area contributed by atoms with Crippen LogP contribution in [0, 0.1) is 11.8 Å². The molecule has 1 fully saturated rings. The van der Waals surface area contributed by atoms with Gasteiger partial charge in [-0.1, -0.05) is 51.5 Å². The van der Waals surface area contributed by atoms with Gasteiger partial charge in [0.25, 0.3) is 0 Å². The van der Waals surface area contributed by atoms with E-state index in [9.17, 15) is 4.79 Å². The van der Waals surface area contributed by atoms with Crippen molar-refractivity contribution in [2.45, 2.75) is 52.4 Å². The van der Waals surface area contributed by atoms with Crippen molar-refractivity contribution in [3.63, 3.8) is 0 Å². The topological polar surface area (TPSA) is 17.1 Å². The molecule has 1 aliphatic rings. The summed E-state index contributed by atoms with van der Waals surface area (Å²) in [6.07, 6.45) is 4.64. The minimum atomic E-state index is 0.263. The molecule has 0 radical (unpaired) electrons. The summed E-state index contributed by atoms with van der Waals surface area (Å²) in [6.45, 7) is 6.64. The van der Waals surface area contributed by atoms with Gasteiger partial charge < -0.3 is 0 Å². The SMILES string of the molecule is CCC(C)c1ccc(C(=O)C2CCCC2C)cc1. The number of ketones is 1. The Balaban J connectivity index is 2.12. The van der Waals surface area contributed by atoms with Gasteiger partial charge in [-0.2, -0.15) is 0 Å². The fourth-order valence-electron chi connectivity index (χ4n) is 2.96. The van der Waals surface area contributed by atoms with Gasteiger partial charge in [-0.3, -0.25) is 4.79 Å². The van der Waals surface area contributed by atoms with Crippen molar-refractivity contribution in [2.75, 3.05) is 0 Å². The number of benzene rings is 1. The molecule has 1 nitrogen and oxygen atoms in total. The molecule has 1 aliphatic carbocycles. The van der Waals surface area contributed by atoms with E-state index in [0.29, 0.717) is 17.6 Å². The van der Waals surface area contributed by atoms with Gasteiger partial charge in [0.15, 0.2) is 5.78 Å². The highest BCUT2D eigenvalue weighted by atomic mass is 16.1. The zero-order chi connectivity index (χ0) is 13.1. The van der Waals surface area contributed by atoms with Crippen LogP contribution < -0.4 is 0 Å². The lowest BCUT2D eigenvalue weighted by molar-refractivity contribution is 0.0897. The number of hydrogen-bond donors (Lipinski definition) is 0. The minimum Gasteiger partial charge on any atom is -0.294 e. The van der Waals surface area contributed by atoms with Crippen LogP contribution in [-0.2, 0) is 0 Å². The lowest BCUT2D eigenvalue weighted by Gasteiger charge is -2.15. The first-order valence-corrected chi connectivity index (χ1v) is 7.27. The third-order valence-electron chi connectivity index (χ3n) is 4.57. The molecular formula is C17H24O. The third kappa shape index (κ3) is 2.66. The first-order valence-electron chi connectivity index (χ1n) is 7.27. The third-order valence-corrected chi connectivity index (χ3v) is 4.57. The smallest absolute Gasteiger partial charge is 0.166 e. The van der Waals surface area contributed by atoms with Gasteiger partial charge in [-0.25, -0.2) is 0 Å². The molecule has 18 heavy (non-hydrogen) atoms. The maximum Gasteiger partial charge on any atom is 0.166 e. The van der Waals surface area contributed by atoms with Crippen molar-refractivity contribution >= 4 is 5.78 Å². The zero-order valence-corrected chi connectivity index (χ0v) is 11.8. The molecule has 1 saturated carbocycles. The monoisotopic (exact) mass is 244 g/mol. The van der Waals surface area contributed by atoms with Crippen LogP contribution >= 0.6 is 0 Å². The van der Waals surface area contributed by atoms with Crippen LogP contribution in [0.5, 0.6) is 0 Å². The van der Waals surface area contributed by atoms with Crippen LogP contribution in [0.15, 0.2) is 24.3 Å². The predicted octanol–water partition coefficient (Wildman–Crippen LogP) is 4.82. The molecule has 0 spiro atoms. The van der Waals surface area contributed by atoms with Gasteiger partial charge in [0, 0.05) is 11.5 Å². The first kappa shape index (κ1) is 13.3. The van der Waals surface area contributed by atoms with E-state index in [2.05, 4.69) is 32.9 Å². The summed E-state index contributed by atoms with van der Waals surface area (Å²) in [5.74, 6) is 1.77. The molecule has 0 aliphatic heterocycles. The summed E-state index contributed by atoms with van der Waals surface area (Å²) in [5, 5.41) is 0. The predicted molar refractivity (Wildman–Crippen MR) is 76.0 cm³/mol. The molecule has 0 N–H and O–H groups in total. The largest absolute Gasteiger partial charge is 0.294 e. The summed E-state index contributed by atoms with van der Waals surface area (Å²) in [6, 6.07) is 8.30. The fourth-order valence-corrected chi connectivity index (χ4v) is 2.96. The van der Waals surface area contributed by atoms with Gasteiger partial charge in [-0.15, -0.1) is 0 Å². The van der Waals surface area contributed by atoms with E-state index in [4.69, 9.17) is 0 Å². The molecule has 2 rings (SSSR count). The van der Waals surface area contributed by atoms with Gasteiger partial charge in [0.2, 0.25) is 0 Å². The summed E-state index contributed by atoms with van der Waals surface area (Å²) in [4.78, 5) is 12.4. The number of Topliss-reactive ketones (excluding diaryl/α,β-unsaturated/α-hetero) is 1. The van der Waals surface area contributed by atoms with E-state index in [-0.39, 0.29) is 5.92 Å². The number of rotatable bonds is 4. The molecule has 0 saturated heterocycles. The van der Waals surface area contributed by atoms with E-state index >= 15 is 0 Å². The number of hydrogen-bond acceptors (Lipinski definition) is 1. The van der Waals surface area contributed by atoms with Crippen molar-refractivity contribution in [3.8, 4) is 0 Å². The van der Waals surface area contributed by atoms with E-state index in [1.165, 1.54) is 18.4 Å². The second-order valence-corrected chi connectivity index (χ2v) is 5.81. The molecule has 0 bridgehead atoms. The Bertz CT molecular complexity index is 404. The highest BCUT2D eigenvalue weighted by Gasteiger charge is 2.30. The molecule has 1 heteroatoms. The maximum atomic E-state index is 12.4. The average molecular weight is 244 g/mol. The first-order chi connectivity index (χ1) is 8.63. The Hall–Kier alpha value is -1.11. The van der Waals surface area contributed by atoms with Crippen LogP contribution in [0.4, 0.5) is 0 Å². The minimum absolute atomic E-state index is 0.263. The van der Waals surface area contributed by atoms with Crippen molar-refractivity contribution in [1.29, 1.82) is 0 Å². The van der Waals surface area contributed by atoms with Crippen LogP contribution in [0.25, 0.3) is 0 Å².